The normalized spacial score (nSPS) is 10.8. The van der Waals surface area contributed by atoms with Crippen molar-refractivity contribution in [3.8, 4) is 11.1 Å². The fraction of sp³-hybridized carbons (Fsp3) is 0.235. The van der Waals surface area contributed by atoms with Crippen LogP contribution in [0.25, 0.3) is 21.3 Å². The molecule has 3 aromatic rings. The Balaban J connectivity index is 2.01. The molecule has 0 saturated heterocycles. The minimum absolute atomic E-state index is 0.288. The number of carbonyl (C=O) groups excluding carboxylic acids is 1. The van der Waals surface area contributed by atoms with Crippen LogP contribution in [0.3, 0.4) is 0 Å². The van der Waals surface area contributed by atoms with Crippen molar-refractivity contribution in [1.29, 1.82) is 0 Å². The first-order valence-corrected chi connectivity index (χ1v) is 8.06. The molecule has 0 amide bonds. The van der Waals surface area contributed by atoms with Gasteiger partial charge < -0.3 is 4.74 Å². The van der Waals surface area contributed by atoms with Crippen molar-refractivity contribution in [3.05, 3.63) is 48.0 Å². The summed E-state index contributed by atoms with van der Waals surface area (Å²) in [5.41, 5.74) is 3.14. The number of fused-ring (bicyclic) bond motifs is 1. The first-order chi connectivity index (χ1) is 10.8. The molecule has 3 rings (SSSR count). The van der Waals surface area contributed by atoms with Crippen molar-refractivity contribution in [2.75, 3.05) is 6.61 Å². The molecule has 5 heteroatoms. The molecule has 4 nitrogen and oxygen atoms in total. The average Bonchev–Trinajstić information content (AvgIpc) is 3.03. The second kappa shape index (κ2) is 6.66. The van der Waals surface area contributed by atoms with Crippen molar-refractivity contribution in [1.82, 2.24) is 9.59 Å². The maximum Gasteiger partial charge on any atom is 0.338 e. The van der Waals surface area contributed by atoms with Gasteiger partial charge in [0.1, 0.15) is 5.52 Å². The van der Waals surface area contributed by atoms with Gasteiger partial charge in [0.25, 0.3) is 0 Å². The van der Waals surface area contributed by atoms with Crippen molar-refractivity contribution in [2.45, 2.75) is 19.8 Å². The number of hydrogen-bond acceptors (Lipinski definition) is 5. The van der Waals surface area contributed by atoms with Crippen LogP contribution in [0.2, 0.25) is 0 Å². The molecule has 0 radical (unpaired) electrons. The third-order valence-electron chi connectivity index (χ3n) is 3.45. The Morgan fingerprint density at radius 2 is 1.95 bits per heavy atom. The zero-order valence-electron chi connectivity index (χ0n) is 12.3. The number of benzene rings is 2. The van der Waals surface area contributed by atoms with E-state index in [0.717, 1.165) is 34.2 Å². The Morgan fingerprint density at radius 3 is 2.82 bits per heavy atom. The van der Waals surface area contributed by atoms with Crippen LogP contribution in [0, 0.1) is 0 Å². The molecular formula is C17H16N2O2S. The van der Waals surface area contributed by atoms with Crippen LogP contribution in [0.5, 0.6) is 0 Å². The molecule has 1 heterocycles. The minimum atomic E-state index is -0.288. The van der Waals surface area contributed by atoms with E-state index in [1.165, 1.54) is 11.5 Å². The van der Waals surface area contributed by atoms with E-state index in [-0.39, 0.29) is 5.97 Å². The molecule has 0 atom stereocenters. The van der Waals surface area contributed by atoms with Gasteiger partial charge in [-0.25, -0.2) is 4.79 Å². The molecule has 0 saturated carbocycles. The number of unbranched alkanes of at least 4 members (excludes halogenated alkanes) is 1. The minimum Gasteiger partial charge on any atom is -0.462 e. The number of rotatable bonds is 5. The van der Waals surface area contributed by atoms with Crippen molar-refractivity contribution < 1.29 is 9.53 Å². The lowest BCUT2D eigenvalue weighted by atomic mass is 9.99. The summed E-state index contributed by atoms with van der Waals surface area (Å²) in [7, 11) is 0. The Bertz CT molecular complexity index is 798. The first kappa shape index (κ1) is 14.7. The van der Waals surface area contributed by atoms with E-state index in [4.69, 9.17) is 4.74 Å². The van der Waals surface area contributed by atoms with Crippen molar-refractivity contribution in [2.24, 2.45) is 0 Å². The Hall–Kier alpha value is -2.27. The molecule has 22 heavy (non-hydrogen) atoms. The van der Waals surface area contributed by atoms with Crippen LogP contribution in [-0.4, -0.2) is 22.2 Å². The van der Waals surface area contributed by atoms with Gasteiger partial charge in [0.15, 0.2) is 0 Å². The number of hydrogen-bond donors (Lipinski definition) is 0. The van der Waals surface area contributed by atoms with Crippen LogP contribution < -0.4 is 0 Å². The van der Waals surface area contributed by atoms with E-state index in [0.29, 0.717) is 12.2 Å². The highest BCUT2D eigenvalue weighted by molar-refractivity contribution is 7.13. The number of carbonyl (C=O) groups is 1. The van der Waals surface area contributed by atoms with E-state index in [1.807, 2.05) is 36.4 Å². The topological polar surface area (TPSA) is 52.1 Å². The smallest absolute Gasteiger partial charge is 0.338 e. The zero-order valence-corrected chi connectivity index (χ0v) is 13.1. The SMILES string of the molecule is CCCCOC(=O)c1ccccc1-c1cccc2snnc12. The quantitative estimate of drug-likeness (QED) is 0.520. The molecule has 0 unspecified atom stereocenters. The summed E-state index contributed by atoms with van der Waals surface area (Å²) < 4.78 is 10.4. The van der Waals surface area contributed by atoms with Gasteiger partial charge in [0.05, 0.1) is 16.9 Å². The van der Waals surface area contributed by atoms with Crippen molar-refractivity contribution >= 4 is 27.7 Å². The monoisotopic (exact) mass is 312 g/mol. The van der Waals surface area contributed by atoms with Gasteiger partial charge in [-0.05, 0) is 35.6 Å². The maximum absolute atomic E-state index is 12.3. The van der Waals surface area contributed by atoms with Gasteiger partial charge in [0.2, 0.25) is 0 Å². The lowest BCUT2D eigenvalue weighted by Crippen LogP contribution is -2.08. The Kier molecular flexibility index (Phi) is 4.44. The predicted octanol–water partition coefficient (Wildman–Crippen LogP) is 4.32. The molecule has 2 aromatic carbocycles. The number of esters is 1. The Morgan fingerprint density at radius 1 is 1.14 bits per heavy atom. The lowest BCUT2D eigenvalue weighted by molar-refractivity contribution is 0.0500. The molecule has 1 aromatic heterocycles. The Labute approximate surface area is 132 Å². The molecule has 0 spiro atoms. The highest BCUT2D eigenvalue weighted by Gasteiger charge is 2.16. The van der Waals surface area contributed by atoms with Crippen LogP contribution in [0.15, 0.2) is 42.5 Å². The van der Waals surface area contributed by atoms with E-state index < -0.39 is 0 Å². The van der Waals surface area contributed by atoms with Gasteiger partial charge in [0, 0.05) is 5.56 Å². The fourth-order valence-corrected chi connectivity index (χ4v) is 2.89. The predicted molar refractivity (Wildman–Crippen MR) is 88.0 cm³/mol. The molecule has 0 N–H and O–H groups in total. The van der Waals surface area contributed by atoms with Gasteiger partial charge in [-0.3, -0.25) is 0 Å². The molecule has 0 bridgehead atoms. The number of nitrogens with zero attached hydrogens (tertiary/aromatic N) is 2. The van der Waals surface area contributed by atoms with Crippen LogP contribution in [0.4, 0.5) is 0 Å². The summed E-state index contributed by atoms with van der Waals surface area (Å²) >= 11 is 1.35. The summed E-state index contributed by atoms with van der Waals surface area (Å²) in [6.07, 6.45) is 1.87. The van der Waals surface area contributed by atoms with Gasteiger partial charge in [-0.1, -0.05) is 48.2 Å². The molecule has 0 aliphatic heterocycles. The highest BCUT2D eigenvalue weighted by atomic mass is 32.1. The summed E-state index contributed by atoms with van der Waals surface area (Å²) in [6.45, 7) is 2.52. The van der Waals surface area contributed by atoms with E-state index in [9.17, 15) is 4.79 Å². The van der Waals surface area contributed by atoms with Gasteiger partial charge in [-0.2, -0.15) is 0 Å². The molecule has 112 valence electrons. The van der Waals surface area contributed by atoms with E-state index in [2.05, 4.69) is 16.5 Å². The standard InChI is InChI=1S/C17H16N2O2S/c1-2-3-11-21-17(20)14-8-5-4-7-12(14)13-9-6-10-15-16(13)18-19-22-15/h4-10H,2-3,11H2,1H3. The summed E-state index contributed by atoms with van der Waals surface area (Å²) in [6, 6.07) is 13.4. The molecular weight excluding hydrogens is 296 g/mol. The maximum atomic E-state index is 12.3. The summed E-state index contributed by atoms with van der Waals surface area (Å²) in [5.74, 6) is -0.288. The van der Waals surface area contributed by atoms with Crippen LogP contribution in [0.1, 0.15) is 30.1 Å². The molecule has 0 aliphatic carbocycles. The van der Waals surface area contributed by atoms with Crippen LogP contribution >= 0.6 is 11.5 Å². The number of ether oxygens (including phenoxy) is 1. The second-order valence-corrected chi connectivity index (χ2v) is 5.75. The average molecular weight is 312 g/mol. The molecule has 0 fully saturated rings. The van der Waals surface area contributed by atoms with Gasteiger partial charge >= 0.3 is 5.97 Å². The second-order valence-electron chi connectivity index (χ2n) is 4.96. The third kappa shape index (κ3) is 2.85. The number of aromatic nitrogens is 2. The summed E-state index contributed by atoms with van der Waals surface area (Å²) in [5, 5.41) is 4.19. The third-order valence-corrected chi connectivity index (χ3v) is 4.14. The van der Waals surface area contributed by atoms with E-state index >= 15 is 0 Å². The van der Waals surface area contributed by atoms with Crippen molar-refractivity contribution in [3.63, 3.8) is 0 Å². The fourth-order valence-electron chi connectivity index (χ4n) is 2.30. The van der Waals surface area contributed by atoms with Gasteiger partial charge in [-0.15, -0.1) is 5.10 Å². The van der Waals surface area contributed by atoms with Crippen LogP contribution in [-0.2, 0) is 4.74 Å². The first-order valence-electron chi connectivity index (χ1n) is 7.29. The summed E-state index contributed by atoms with van der Waals surface area (Å²) in [4.78, 5) is 12.3. The zero-order chi connectivity index (χ0) is 15.4. The molecule has 0 aliphatic rings. The largest absolute Gasteiger partial charge is 0.462 e. The lowest BCUT2D eigenvalue weighted by Gasteiger charge is -2.10. The highest BCUT2D eigenvalue weighted by Crippen LogP contribution is 2.31. The van der Waals surface area contributed by atoms with E-state index in [1.54, 1.807) is 6.07 Å².